The predicted molar refractivity (Wildman–Crippen MR) is 138 cm³/mol. The molecule has 6 nitrogen and oxygen atoms in total. The number of hydrogen-bond acceptors (Lipinski definition) is 5. The summed E-state index contributed by atoms with van der Waals surface area (Å²) in [6.07, 6.45) is 6.33. The third kappa shape index (κ3) is 6.74. The molecule has 0 unspecified atom stereocenters. The van der Waals surface area contributed by atoms with Crippen LogP contribution in [0.4, 0.5) is 0 Å². The molecule has 0 aromatic heterocycles. The van der Waals surface area contributed by atoms with Crippen LogP contribution in [-0.2, 0) is 16.1 Å². The van der Waals surface area contributed by atoms with Gasteiger partial charge >= 0.3 is 5.97 Å². The molecule has 0 atom stereocenters. The molecule has 2 N–H and O–H groups in total. The first-order valence-corrected chi connectivity index (χ1v) is 11.7. The number of rotatable bonds is 11. The first-order chi connectivity index (χ1) is 17.1. The standard InChI is InChI=1S/C29H30N2O4/c1-22-26(20-29(32)33)10-7-11-28(22)34-18-19-35-30-27(21-31-16-5-6-17-31)25-14-12-24(13-15-25)23-8-3-2-4-9-23/h2-15,21,30H,16-20H2,1H3,(H,32,33). The van der Waals surface area contributed by atoms with Crippen molar-refractivity contribution in [2.24, 2.45) is 0 Å². The van der Waals surface area contributed by atoms with Crippen molar-refractivity contribution in [1.29, 1.82) is 0 Å². The molecule has 0 spiro atoms. The Morgan fingerprint density at radius 2 is 1.66 bits per heavy atom. The van der Waals surface area contributed by atoms with E-state index in [0.29, 0.717) is 19.0 Å². The SMILES string of the molecule is Cc1c(CC(=O)O)cccc1OCCONC(=CN1CC=CC1)c1ccc(-c2ccccc2)cc1. The van der Waals surface area contributed by atoms with E-state index in [-0.39, 0.29) is 6.42 Å². The van der Waals surface area contributed by atoms with Gasteiger partial charge in [0.15, 0.2) is 0 Å². The second kappa shape index (κ2) is 11.9. The number of benzene rings is 3. The molecule has 6 heteroatoms. The van der Waals surface area contributed by atoms with E-state index in [4.69, 9.17) is 14.7 Å². The van der Waals surface area contributed by atoms with Crippen LogP contribution in [0, 0.1) is 6.92 Å². The Bertz CT molecular complexity index is 1180. The maximum Gasteiger partial charge on any atom is 0.307 e. The zero-order valence-corrected chi connectivity index (χ0v) is 19.8. The number of carboxylic acids is 1. The monoisotopic (exact) mass is 470 g/mol. The summed E-state index contributed by atoms with van der Waals surface area (Å²) < 4.78 is 5.85. The summed E-state index contributed by atoms with van der Waals surface area (Å²) >= 11 is 0. The summed E-state index contributed by atoms with van der Waals surface area (Å²) in [5.41, 5.74) is 8.91. The van der Waals surface area contributed by atoms with Crippen LogP contribution in [0.25, 0.3) is 16.8 Å². The van der Waals surface area contributed by atoms with Crippen molar-refractivity contribution in [3.05, 3.63) is 108 Å². The number of nitrogens with zero attached hydrogens (tertiary/aromatic N) is 1. The summed E-state index contributed by atoms with van der Waals surface area (Å²) in [6, 6.07) is 24.1. The van der Waals surface area contributed by atoms with Crippen LogP contribution < -0.4 is 10.2 Å². The Balaban J connectivity index is 1.36. The van der Waals surface area contributed by atoms with Gasteiger partial charge in [-0.25, -0.2) is 0 Å². The number of ether oxygens (including phenoxy) is 1. The van der Waals surface area contributed by atoms with Gasteiger partial charge in [-0.3, -0.25) is 15.1 Å². The molecule has 0 radical (unpaired) electrons. The van der Waals surface area contributed by atoms with Crippen LogP contribution in [0.15, 0.2) is 91.1 Å². The van der Waals surface area contributed by atoms with Crippen molar-refractivity contribution in [3.8, 4) is 16.9 Å². The van der Waals surface area contributed by atoms with Gasteiger partial charge in [0, 0.05) is 24.9 Å². The van der Waals surface area contributed by atoms with E-state index >= 15 is 0 Å². The highest BCUT2D eigenvalue weighted by atomic mass is 16.7. The van der Waals surface area contributed by atoms with Gasteiger partial charge in [0.2, 0.25) is 0 Å². The third-order valence-corrected chi connectivity index (χ3v) is 5.82. The average Bonchev–Trinajstić information content (AvgIpc) is 3.39. The molecular weight excluding hydrogens is 440 g/mol. The zero-order chi connectivity index (χ0) is 24.5. The lowest BCUT2D eigenvalue weighted by Gasteiger charge is -2.18. The molecule has 0 amide bonds. The van der Waals surface area contributed by atoms with E-state index in [1.807, 2.05) is 43.3 Å². The van der Waals surface area contributed by atoms with Crippen LogP contribution in [-0.4, -0.2) is 42.3 Å². The first-order valence-electron chi connectivity index (χ1n) is 11.7. The molecule has 1 aliphatic heterocycles. The molecule has 0 saturated heterocycles. The van der Waals surface area contributed by atoms with Crippen molar-refractivity contribution in [1.82, 2.24) is 10.4 Å². The van der Waals surface area contributed by atoms with Crippen molar-refractivity contribution in [3.63, 3.8) is 0 Å². The smallest absolute Gasteiger partial charge is 0.307 e. The summed E-state index contributed by atoms with van der Waals surface area (Å²) in [5.74, 6) is -0.190. The van der Waals surface area contributed by atoms with Crippen LogP contribution in [0.1, 0.15) is 16.7 Å². The molecular formula is C29H30N2O4. The van der Waals surface area contributed by atoms with Crippen molar-refractivity contribution in [2.75, 3.05) is 26.3 Å². The summed E-state index contributed by atoms with van der Waals surface area (Å²) in [6.45, 7) is 4.25. The second-order valence-corrected chi connectivity index (χ2v) is 8.32. The molecule has 3 aromatic carbocycles. The van der Waals surface area contributed by atoms with Gasteiger partial charge in [-0.15, -0.1) is 0 Å². The van der Waals surface area contributed by atoms with E-state index in [0.717, 1.165) is 41.0 Å². The van der Waals surface area contributed by atoms with Gasteiger partial charge in [0.05, 0.1) is 12.1 Å². The number of hydrogen-bond donors (Lipinski definition) is 2. The number of nitrogens with one attached hydrogen (secondary N) is 1. The number of carboxylic acid groups (broad SMARTS) is 1. The zero-order valence-electron chi connectivity index (χ0n) is 19.8. The lowest BCUT2D eigenvalue weighted by Crippen LogP contribution is -2.21. The fourth-order valence-corrected chi connectivity index (χ4v) is 3.91. The van der Waals surface area contributed by atoms with E-state index in [2.05, 4.69) is 65.1 Å². The van der Waals surface area contributed by atoms with E-state index < -0.39 is 5.97 Å². The highest BCUT2D eigenvalue weighted by molar-refractivity contribution is 5.71. The number of aliphatic carboxylic acids is 1. The highest BCUT2D eigenvalue weighted by Gasteiger charge is 2.10. The van der Waals surface area contributed by atoms with Gasteiger partial charge < -0.3 is 14.7 Å². The minimum Gasteiger partial charge on any atom is -0.491 e. The molecule has 1 aliphatic rings. The molecule has 0 aliphatic carbocycles. The van der Waals surface area contributed by atoms with Gasteiger partial charge in [0.25, 0.3) is 0 Å². The normalized spacial score (nSPS) is 13.2. The molecule has 180 valence electrons. The van der Waals surface area contributed by atoms with E-state index in [9.17, 15) is 4.79 Å². The van der Waals surface area contributed by atoms with Crippen LogP contribution in [0.2, 0.25) is 0 Å². The molecule has 1 heterocycles. The number of hydroxylamine groups is 1. The third-order valence-electron chi connectivity index (χ3n) is 5.82. The van der Waals surface area contributed by atoms with Crippen LogP contribution in [0.5, 0.6) is 5.75 Å². The predicted octanol–water partition coefficient (Wildman–Crippen LogP) is 5.06. The quantitative estimate of drug-likeness (QED) is 0.232. The van der Waals surface area contributed by atoms with Crippen molar-refractivity contribution < 1.29 is 19.5 Å². The fraction of sp³-hybridized carbons (Fsp3) is 0.207. The largest absolute Gasteiger partial charge is 0.491 e. The first kappa shape index (κ1) is 24.1. The number of carbonyl (C=O) groups is 1. The Morgan fingerprint density at radius 1 is 0.943 bits per heavy atom. The maximum absolute atomic E-state index is 11.0. The van der Waals surface area contributed by atoms with Crippen molar-refractivity contribution >= 4 is 11.7 Å². The molecule has 4 rings (SSSR count). The Kier molecular flexibility index (Phi) is 8.20. The second-order valence-electron chi connectivity index (χ2n) is 8.32. The molecule has 3 aromatic rings. The van der Waals surface area contributed by atoms with Gasteiger partial charge in [-0.1, -0.05) is 78.9 Å². The highest BCUT2D eigenvalue weighted by Crippen LogP contribution is 2.23. The Labute approximate surface area is 206 Å². The van der Waals surface area contributed by atoms with Crippen LogP contribution in [0.3, 0.4) is 0 Å². The maximum atomic E-state index is 11.0. The lowest BCUT2D eigenvalue weighted by molar-refractivity contribution is -0.136. The van der Waals surface area contributed by atoms with Gasteiger partial charge in [-0.2, -0.15) is 0 Å². The minimum absolute atomic E-state index is 0.0241. The average molecular weight is 471 g/mol. The topological polar surface area (TPSA) is 71.0 Å². The Hall–Kier alpha value is -4.03. The van der Waals surface area contributed by atoms with Gasteiger partial charge in [-0.05, 0) is 35.2 Å². The van der Waals surface area contributed by atoms with Gasteiger partial charge in [0.1, 0.15) is 19.0 Å². The molecule has 0 bridgehead atoms. The summed E-state index contributed by atoms with van der Waals surface area (Å²) in [5, 5.41) is 9.07. The van der Waals surface area contributed by atoms with Crippen molar-refractivity contribution in [2.45, 2.75) is 13.3 Å². The minimum atomic E-state index is -0.859. The summed E-state index contributed by atoms with van der Waals surface area (Å²) in [4.78, 5) is 19.0. The fourth-order valence-electron chi connectivity index (χ4n) is 3.91. The molecule has 0 fully saturated rings. The van der Waals surface area contributed by atoms with E-state index in [1.54, 1.807) is 0 Å². The van der Waals surface area contributed by atoms with E-state index in [1.165, 1.54) is 5.56 Å². The molecule has 35 heavy (non-hydrogen) atoms. The van der Waals surface area contributed by atoms with Crippen LogP contribution >= 0.6 is 0 Å². The lowest BCUT2D eigenvalue weighted by atomic mass is 10.0. The molecule has 0 saturated carbocycles. The summed E-state index contributed by atoms with van der Waals surface area (Å²) in [7, 11) is 0. The Morgan fingerprint density at radius 3 is 2.37 bits per heavy atom.